The average Bonchev–Trinajstić information content (AvgIpc) is 2.79. The van der Waals surface area contributed by atoms with E-state index < -0.39 is 21.0 Å². The number of hydrazine groups is 1. The van der Waals surface area contributed by atoms with Crippen LogP contribution in [0.5, 0.6) is 0 Å². The highest BCUT2D eigenvalue weighted by atomic mass is 32.2. The topological polar surface area (TPSA) is 115 Å². The number of hydrogen-bond donors (Lipinski definition) is 3. The molecule has 1 aromatic heterocycles. The largest absolute Gasteiger partial charge is 0.478 e. The lowest BCUT2D eigenvalue weighted by Crippen LogP contribution is -2.45. The van der Waals surface area contributed by atoms with Gasteiger partial charge in [0.1, 0.15) is 5.56 Å². The third-order valence-corrected chi connectivity index (χ3v) is 4.06. The fourth-order valence-electron chi connectivity index (χ4n) is 1.83. The second-order valence-electron chi connectivity index (χ2n) is 4.06. The van der Waals surface area contributed by atoms with Gasteiger partial charge in [0.15, 0.2) is 5.03 Å². The van der Waals surface area contributed by atoms with E-state index in [1.807, 2.05) is 0 Å². The fourth-order valence-corrected chi connectivity index (χ4v) is 3.05. The summed E-state index contributed by atoms with van der Waals surface area (Å²) in [6, 6.07) is 0. The second-order valence-corrected chi connectivity index (χ2v) is 5.66. The number of carbonyl (C=O) groups is 1. The summed E-state index contributed by atoms with van der Waals surface area (Å²) in [4.78, 5) is 13.2. The highest BCUT2D eigenvalue weighted by molar-refractivity contribution is 7.89. The zero-order valence-corrected chi connectivity index (χ0v) is 10.4. The Morgan fingerprint density at radius 2 is 2.06 bits per heavy atom. The van der Waals surface area contributed by atoms with Gasteiger partial charge in [-0.2, -0.15) is 5.10 Å². The first-order valence-electron chi connectivity index (χ1n) is 5.55. The lowest BCUT2D eigenvalue weighted by Gasteiger charge is -2.26. The Balaban J connectivity index is 2.19. The summed E-state index contributed by atoms with van der Waals surface area (Å²) in [6.45, 7) is 1.24. The molecule has 0 atom stereocenters. The monoisotopic (exact) mass is 274 g/mol. The number of carboxylic acid groups (broad SMARTS) is 1. The molecular formula is C9H14N4O4S. The van der Waals surface area contributed by atoms with E-state index in [4.69, 9.17) is 5.11 Å². The number of rotatable bonds is 4. The molecule has 2 heterocycles. The van der Waals surface area contributed by atoms with Gasteiger partial charge in [0.05, 0.1) is 6.20 Å². The van der Waals surface area contributed by atoms with E-state index in [-0.39, 0.29) is 5.56 Å². The zero-order chi connectivity index (χ0) is 13.2. The minimum Gasteiger partial charge on any atom is -0.478 e. The van der Waals surface area contributed by atoms with Crippen LogP contribution in [-0.4, -0.2) is 47.8 Å². The molecule has 0 unspecified atom stereocenters. The van der Waals surface area contributed by atoms with Crippen LogP contribution in [0.2, 0.25) is 0 Å². The number of aromatic carboxylic acids is 1. The number of hydrogen-bond acceptors (Lipinski definition) is 5. The van der Waals surface area contributed by atoms with Crippen molar-refractivity contribution in [3.05, 3.63) is 11.8 Å². The van der Waals surface area contributed by atoms with Crippen LogP contribution < -0.4 is 4.83 Å². The molecule has 100 valence electrons. The smallest absolute Gasteiger partial charge is 0.340 e. The molecule has 0 bridgehead atoms. The number of sulfonamides is 1. The van der Waals surface area contributed by atoms with E-state index >= 15 is 0 Å². The number of nitrogens with one attached hydrogen (secondary N) is 2. The van der Waals surface area contributed by atoms with E-state index in [9.17, 15) is 13.2 Å². The molecule has 0 spiro atoms. The number of H-pyrrole nitrogens is 1. The summed E-state index contributed by atoms with van der Waals surface area (Å²) in [7, 11) is -3.92. The molecule has 1 fully saturated rings. The van der Waals surface area contributed by atoms with Gasteiger partial charge in [0.25, 0.3) is 10.0 Å². The van der Waals surface area contributed by atoms with Crippen molar-refractivity contribution in [2.45, 2.75) is 24.3 Å². The number of aromatic amines is 1. The maximum Gasteiger partial charge on any atom is 0.340 e. The van der Waals surface area contributed by atoms with Gasteiger partial charge < -0.3 is 5.11 Å². The van der Waals surface area contributed by atoms with Crippen LogP contribution in [0.15, 0.2) is 11.2 Å². The van der Waals surface area contributed by atoms with Crippen molar-refractivity contribution in [3.8, 4) is 0 Å². The van der Waals surface area contributed by atoms with Crippen molar-refractivity contribution in [1.82, 2.24) is 20.0 Å². The highest BCUT2D eigenvalue weighted by Crippen LogP contribution is 2.14. The third kappa shape index (κ3) is 2.68. The summed E-state index contributed by atoms with van der Waals surface area (Å²) < 4.78 is 24.0. The van der Waals surface area contributed by atoms with Crippen molar-refractivity contribution in [1.29, 1.82) is 0 Å². The molecule has 1 saturated heterocycles. The van der Waals surface area contributed by atoms with Gasteiger partial charge in [-0.25, -0.2) is 18.2 Å². The minimum absolute atomic E-state index is 0.362. The zero-order valence-electron chi connectivity index (χ0n) is 9.59. The highest BCUT2D eigenvalue weighted by Gasteiger charge is 2.27. The van der Waals surface area contributed by atoms with Gasteiger partial charge in [-0.1, -0.05) is 6.42 Å². The van der Waals surface area contributed by atoms with Gasteiger partial charge in [0, 0.05) is 13.1 Å². The van der Waals surface area contributed by atoms with Crippen molar-refractivity contribution in [3.63, 3.8) is 0 Å². The Morgan fingerprint density at radius 1 is 1.39 bits per heavy atom. The molecular weight excluding hydrogens is 260 g/mol. The maximum atomic E-state index is 12.0. The Kier molecular flexibility index (Phi) is 3.64. The first kappa shape index (κ1) is 13.0. The van der Waals surface area contributed by atoms with Crippen LogP contribution in [-0.2, 0) is 10.0 Å². The lowest BCUT2D eigenvalue weighted by molar-refractivity contribution is 0.0692. The molecule has 1 aliphatic heterocycles. The molecule has 0 aliphatic carbocycles. The standard InChI is InChI=1S/C9H14N4O4S/c14-9(15)7-6-10-11-8(7)18(16,17)12-13-4-2-1-3-5-13/h6,12H,1-5H2,(H,10,11)(H,14,15). The van der Waals surface area contributed by atoms with Crippen molar-refractivity contribution < 1.29 is 18.3 Å². The molecule has 9 heteroatoms. The van der Waals surface area contributed by atoms with Crippen LogP contribution in [0.3, 0.4) is 0 Å². The lowest BCUT2D eigenvalue weighted by atomic mass is 10.2. The molecule has 2 rings (SSSR count). The van der Waals surface area contributed by atoms with Gasteiger partial charge in [0.2, 0.25) is 0 Å². The van der Waals surface area contributed by atoms with E-state index in [0.717, 1.165) is 25.5 Å². The van der Waals surface area contributed by atoms with Gasteiger partial charge in [-0.15, -0.1) is 4.83 Å². The number of nitrogens with zero attached hydrogens (tertiary/aromatic N) is 2. The molecule has 1 aliphatic rings. The van der Waals surface area contributed by atoms with Crippen LogP contribution in [0.1, 0.15) is 29.6 Å². The Hall–Kier alpha value is -1.45. The second kappa shape index (κ2) is 5.04. The Labute approximate surface area is 104 Å². The van der Waals surface area contributed by atoms with Gasteiger partial charge >= 0.3 is 5.97 Å². The van der Waals surface area contributed by atoms with E-state index in [0.29, 0.717) is 13.1 Å². The summed E-state index contributed by atoms with van der Waals surface area (Å²) in [6.07, 6.45) is 3.88. The fraction of sp³-hybridized carbons (Fsp3) is 0.556. The summed E-state index contributed by atoms with van der Waals surface area (Å²) >= 11 is 0. The maximum absolute atomic E-state index is 12.0. The molecule has 3 N–H and O–H groups in total. The number of carboxylic acids is 1. The van der Waals surface area contributed by atoms with Crippen LogP contribution in [0, 0.1) is 0 Å². The first-order valence-corrected chi connectivity index (χ1v) is 7.03. The molecule has 0 saturated carbocycles. The van der Waals surface area contributed by atoms with E-state index in [1.165, 1.54) is 0 Å². The van der Waals surface area contributed by atoms with Crippen molar-refractivity contribution in [2.75, 3.05) is 13.1 Å². The molecule has 8 nitrogen and oxygen atoms in total. The summed E-state index contributed by atoms with van der Waals surface area (Å²) in [5.74, 6) is -1.33. The van der Waals surface area contributed by atoms with Crippen LogP contribution in [0.4, 0.5) is 0 Å². The molecule has 0 radical (unpaired) electrons. The van der Waals surface area contributed by atoms with Crippen molar-refractivity contribution in [2.24, 2.45) is 0 Å². The van der Waals surface area contributed by atoms with Gasteiger partial charge in [-0.3, -0.25) is 5.10 Å². The summed E-state index contributed by atoms with van der Waals surface area (Å²) in [5, 5.41) is 15.7. The predicted octanol–water partition coefficient (Wildman–Crippen LogP) is -0.213. The minimum atomic E-state index is -3.92. The molecule has 1 aromatic rings. The predicted molar refractivity (Wildman–Crippen MR) is 61.3 cm³/mol. The normalized spacial score (nSPS) is 17.8. The quantitative estimate of drug-likeness (QED) is 0.699. The van der Waals surface area contributed by atoms with E-state index in [1.54, 1.807) is 5.01 Å². The molecule has 0 amide bonds. The van der Waals surface area contributed by atoms with Crippen LogP contribution >= 0.6 is 0 Å². The van der Waals surface area contributed by atoms with Gasteiger partial charge in [-0.05, 0) is 12.8 Å². The van der Waals surface area contributed by atoms with E-state index in [2.05, 4.69) is 15.0 Å². The Morgan fingerprint density at radius 3 is 2.67 bits per heavy atom. The van der Waals surface area contributed by atoms with Crippen molar-refractivity contribution >= 4 is 16.0 Å². The Bertz CT molecular complexity index is 533. The third-order valence-electron chi connectivity index (χ3n) is 2.71. The SMILES string of the molecule is O=C(O)c1cn[nH]c1S(=O)(=O)NN1CCCCC1. The summed E-state index contributed by atoms with van der Waals surface area (Å²) in [5.41, 5.74) is -0.362. The number of piperidine rings is 1. The first-order chi connectivity index (χ1) is 8.50. The number of aromatic nitrogens is 2. The van der Waals surface area contributed by atoms with Crippen LogP contribution in [0.25, 0.3) is 0 Å². The molecule has 18 heavy (non-hydrogen) atoms. The average molecular weight is 274 g/mol. The molecule has 0 aromatic carbocycles.